The molecule has 0 unspecified atom stereocenters. The number of nitrogens with one attached hydrogen (secondary N) is 3. The van der Waals surface area contributed by atoms with Gasteiger partial charge in [-0.1, -0.05) is 17.7 Å². The predicted molar refractivity (Wildman–Crippen MR) is 113 cm³/mol. The van der Waals surface area contributed by atoms with Gasteiger partial charge in [-0.25, -0.2) is 18.1 Å². The zero-order chi connectivity index (χ0) is 20.5. The van der Waals surface area contributed by atoms with Crippen molar-refractivity contribution in [2.24, 2.45) is 11.7 Å². The Morgan fingerprint density at radius 3 is 2.48 bits per heavy atom. The third kappa shape index (κ3) is 5.27. The monoisotopic (exact) mass is 461 g/mol. The van der Waals surface area contributed by atoms with Crippen molar-refractivity contribution < 1.29 is 18.3 Å². The van der Waals surface area contributed by atoms with E-state index in [0.717, 1.165) is 0 Å². The molecule has 0 saturated heterocycles. The third-order valence-corrected chi connectivity index (χ3v) is 6.59. The number of aliphatic carboxylic acids is 1. The van der Waals surface area contributed by atoms with Crippen molar-refractivity contribution in [3.05, 3.63) is 29.4 Å². The summed E-state index contributed by atoms with van der Waals surface area (Å²) >= 11 is 6.14. The summed E-state index contributed by atoms with van der Waals surface area (Å²) in [7, 11) is -3.83. The number of carboxylic acid groups (broad SMARTS) is 1. The van der Waals surface area contributed by atoms with Crippen molar-refractivity contribution in [1.82, 2.24) is 9.71 Å². The fourth-order valence-corrected chi connectivity index (χ4v) is 4.87. The fourth-order valence-electron chi connectivity index (χ4n) is 3.33. The first-order valence-corrected chi connectivity index (χ1v) is 10.5. The number of pyridine rings is 1. The summed E-state index contributed by atoms with van der Waals surface area (Å²) in [5.74, 6) is -1.37. The van der Waals surface area contributed by atoms with Crippen LogP contribution in [0.15, 0.2) is 29.3 Å². The average Bonchev–Trinajstić information content (AvgIpc) is 2.63. The Kier molecular flexibility index (Phi) is 7.28. The fraction of sp³-hybridized carbons (Fsp3) is 0.353. The SMILES string of the molecule is Cl.N=C(N)Nc1ncc(Cl)c2ccc(S(=O)(=O)N[C@H]3CC[C@H](C(=O)O)CC3)cc12. The van der Waals surface area contributed by atoms with Gasteiger partial charge in [-0.15, -0.1) is 12.4 Å². The summed E-state index contributed by atoms with van der Waals surface area (Å²) in [6.07, 6.45) is 3.20. The molecule has 0 aliphatic heterocycles. The minimum Gasteiger partial charge on any atom is -0.481 e. The minimum atomic E-state index is -3.83. The number of anilines is 1. The second kappa shape index (κ2) is 9.12. The lowest BCUT2D eigenvalue weighted by atomic mass is 9.87. The molecule has 1 aromatic carbocycles. The van der Waals surface area contributed by atoms with E-state index in [-0.39, 0.29) is 35.1 Å². The van der Waals surface area contributed by atoms with Gasteiger partial charge in [0.05, 0.1) is 15.8 Å². The first kappa shape index (κ1) is 23.1. The van der Waals surface area contributed by atoms with Crippen LogP contribution in [-0.2, 0) is 14.8 Å². The number of hydrogen-bond donors (Lipinski definition) is 5. The van der Waals surface area contributed by atoms with Gasteiger partial charge >= 0.3 is 5.97 Å². The molecule has 6 N–H and O–H groups in total. The Morgan fingerprint density at radius 2 is 1.90 bits per heavy atom. The molecular formula is C17H21Cl2N5O4S. The average molecular weight is 462 g/mol. The van der Waals surface area contributed by atoms with Crippen LogP contribution in [0.1, 0.15) is 25.7 Å². The van der Waals surface area contributed by atoms with Crippen LogP contribution in [0.4, 0.5) is 5.82 Å². The molecular weight excluding hydrogens is 441 g/mol. The smallest absolute Gasteiger partial charge is 0.306 e. The van der Waals surface area contributed by atoms with Crippen molar-refractivity contribution >= 4 is 62.6 Å². The van der Waals surface area contributed by atoms with Crippen LogP contribution >= 0.6 is 24.0 Å². The molecule has 1 aliphatic carbocycles. The Hall–Kier alpha value is -2.14. The molecule has 29 heavy (non-hydrogen) atoms. The second-order valence-corrected chi connectivity index (χ2v) is 8.83. The molecule has 12 heteroatoms. The molecule has 0 bridgehead atoms. The summed E-state index contributed by atoms with van der Waals surface area (Å²) in [6.45, 7) is 0. The Balaban J connectivity index is 0.00000300. The van der Waals surface area contributed by atoms with Crippen molar-refractivity contribution in [1.29, 1.82) is 5.41 Å². The summed E-state index contributed by atoms with van der Waals surface area (Å²) in [6, 6.07) is 4.12. The van der Waals surface area contributed by atoms with Crippen molar-refractivity contribution in [2.45, 2.75) is 36.6 Å². The van der Waals surface area contributed by atoms with Gasteiger partial charge in [0.25, 0.3) is 0 Å². The number of nitrogens with two attached hydrogens (primary N) is 1. The lowest BCUT2D eigenvalue weighted by molar-refractivity contribution is -0.142. The lowest BCUT2D eigenvalue weighted by Crippen LogP contribution is -2.38. The molecule has 0 spiro atoms. The molecule has 1 aliphatic rings. The number of hydrogen-bond acceptors (Lipinski definition) is 5. The van der Waals surface area contributed by atoms with E-state index in [1.807, 2.05) is 0 Å². The van der Waals surface area contributed by atoms with Gasteiger partial charge in [-0.05, 0) is 37.8 Å². The molecule has 2 aromatic rings. The van der Waals surface area contributed by atoms with Crippen molar-refractivity contribution in [2.75, 3.05) is 5.32 Å². The number of aromatic nitrogens is 1. The van der Waals surface area contributed by atoms with Crippen LogP contribution in [0.25, 0.3) is 10.8 Å². The van der Waals surface area contributed by atoms with E-state index in [4.69, 9.17) is 27.9 Å². The summed E-state index contributed by atoms with van der Waals surface area (Å²) in [5.41, 5.74) is 5.36. The van der Waals surface area contributed by atoms with Gasteiger partial charge in [-0.2, -0.15) is 0 Å². The largest absolute Gasteiger partial charge is 0.481 e. The van der Waals surface area contributed by atoms with Crippen molar-refractivity contribution in [3.8, 4) is 0 Å². The van der Waals surface area contributed by atoms with E-state index in [1.54, 1.807) is 6.07 Å². The van der Waals surface area contributed by atoms with E-state index < -0.39 is 21.9 Å². The van der Waals surface area contributed by atoms with E-state index in [0.29, 0.717) is 41.5 Å². The molecule has 0 amide bonds. The van der Waals surface area contributed by atoms with Crippen LogP contribution < -0.4 is 15.8 Å². The topological polar surface area (TPSA) is 158 Å². The maximum atomic E-state index is 12.8. The molecule has 0 radical (unpaired) electrons. The number of carbonyl (C=O) groups is 1. The highest BCUT2D eigenvalue weighted by Gasteiger charge is 2.29. The lowest BCUT2D eigenvalue weighted by Gasteiger charge is -2.26. The predicted octanol–water partition coefficient (Wildman–Crippen LogP) is 2.54. The zero-order valence-electron chi connectivity index (χ0n) is 15.2. The molecule has 158 valence electrons. The molecule has 1 fully saturated rings. The normalized spacial score (nSPS) is 19.3. The highest BCUT2D eigenvalue weighted by atomic mass is 35.5. The molecule has 1 aromatic heterocycles. The van der Waals surface area contributed by atoms with Gasteiger partial charge in [0.15, 0.2) is 5.96 Å². The first-order valence-electron chi connectivity index (χ1n) is 8.62. The van der Waals surface area contributed by atoms with E-state index in [9.17, 15) is 13.2 Å². The van der Waals surface area contributed by atoms with E-state index in [1.165, 1.54) is 18.3 Å². The molecule has 9 nitrogen and oxygen atoms in total. The van der Waals surface area contributed by atoms with E-state index in [2.05, 4.69) is 15.0 Å². The van der Waals surface area contributed by atoms with Gasteiger partial charge < -0.3 is 16.2 Å². The maximum absolute atomic E-state index is 12.8. The van der Waals surface area contributed by atoms with E-state index >= 15 is 0 Å². The third-order valence-electron chi connectivity index (χ3n) is 4.77. The van der Waals surface area contributed by atoms with Crippen molar-refractivity contribution in [3.63, 3.8) is 0 Å². The van der Waals surface area contributed by atoms with Gasteiger partial charge in [0.2, 0.25) is 10.0 Å². The van der Waals surface area contributed by atoms with Crippen LogP contribution in [0, 0.1) is 11.3 Å². The standard InChI is InChI=1S/C17H20ClN5O4S.ClH/c18-14-8-21-15(22-17(19)20)13-7-11(5-6-12(13)14)28(26,27)23-10-3-1-9(2-4-10)16(24)25;/h5-10,23H,1-4H2,(H,24,25)(H4,19,20,21,22);1H/t9-,10-;. The summed E-state index contributed by atoms with van der Waals surface area (Å²) in [5, 5.41) is 20.3. The highest BCUT2D eigenvalue weighted by Crippen LogP contribution is 2.31. The summed E-state index contributed by atoms with van der Waals surface area (Å²) < 4.78 is 28.3. The molecule has 0 atom stereocenters. The zero-order valence-corrected chi connectivity index (χ0v) is 17.6. The maximum Gasteiger partial charge on any atom is 0.306 e. The highest BCUT2D eigenvalue weighted by molar-refractivity contribution is 7.89. The number of carboxylic acids is 1. The molecule has 1 saturated carbocycles. The van der Waals surface area contributed by atoms with Crippen LogP contribution in [0.3, 0.4) is 0 Å². The quantitative estimate of drug-likeness (QED) is 0.337. The van der Waals surface area contributed by atoms with Gasteiger partial charge in [0.1, 0.15) is 5.82 Å². The number of nitrogens with zero attached hydrogens (tertiary/aromatic N) is 1. The number of sulfonamides is 1. The first-order chi connectivity index (χ1) is 13.2. The van der Waals surface area contributed by atoms with Crippen LogP contribution in [0.5, 0.6) is 0 Å². The number of halogens is 2. The Morgan fingerprint density at radius 1 is 1.24 bits per heavy atom. The number of benzene rings is 1. The Bertz CT molecular complexity index is 1040. The molecule has 1 heterocycles. The molecule has 3 rings (SSSR count). The minimum absolute atomic E-state index is 0. The van der Waals surface area contributed by atoms with Crippen LogP contribution in [0.2, 0.25) is 5.02 Å². The van der Waals surface area contributed by atoms with Gasteiger partial charge in [-0.3, -0.25) is 10.2 Å². The number of guanidine groups is 1. The number of rotatable bonds is 5. The van der Waals surface area contributed by atoms with Gasteiger partial charge in [0, 0.05) is 23.0 Å². The number of fused-ring (bicyclic) bond motifs is 1. The second-order valence-electron chi connectivity index (χ2n) is 6.71. The van der Waals surface area contributed by atoms with Crippen LogP contribution in [-0.4, -0.2) is 36.5 Å². The summed E-state index contributed by atoms with van der Waals surface area (Å²) in [4.78, 5) is 15.1. The Labute approximate surface area is 179 Å².